The number of ether oxygens (including phenoxy) is 2. The molecule has 0 N–H and O–H groups in total. The molecule has 0 aromatic heterocycles. The topological polar surface area (TPSA) is 35.5 Å². The van der Waals surface area contributed by atoms with Gasteiger partial charge in [-0.3, -0.25) is 0 Å². The average Bonchev–Trinajstić information content (AvgIpc) is 2.50. The molecule has 0 aliphatic heterocycles. The molecule has 110 valence electrons. The second-order valence-electron chi connectivity index (χ2n) is 4.87. The predicted molar refractivity (Wildman–Crippen MR) is 82.8 cm³/mol. The first-order valence-electron chi connectivity index (χ1n) is 7.31. The highest BCUT2D eigenvalue weighted by Crippen LogP contribution is 2.16. The van der Waals surface area contributed by atoms with Crippen molar-refractivity contribution in [3.63, 3.8) is 0 Å². The van der Waals surface area contributed by atoms with E-state index >= 15 is 0 Å². The first-order valence-corrected chi connectivity index (χ1v) is 7.31. The number of carbonyl (C=O) groups is 1. The quantitative estimate of drug-likeness (QED) is 0.425. The fourth-order valence-electron chi connectivity index (χ4n) is 2.01. The minimum atomic E-state index is -0.722. The molecule has 0 fully saturated rings. The molecule has 2 rings (SSSR count). The van der Waals surface area contributed by atoms with Crippen LogP contribution in [-0.2, 0) is 6.42 Å². The Morgan fingerprint density at radius 1 is 0.857 bits per heavy atom. The molecule has 2 aromatic carbocycles. The van der Waals surface area contributed by atoms with Crippen molar-refractivity contribution in [3.8, 4) is 11.5 Å². The lowest BCUT2D eigenvalue weighted by Gasteiger charge is -2.06. The molecule has 0 spiro atoms. The Hall–Kier alpha value is -2.29. The Labute approximate surface area is 125 Å². The number of aryl methyl sites for hydroxylation is 1. The van der Waals surface area contributed by atoms with Gasteiger partial charge in [-0.1, -0.05) is 50.1 Å². The van der Waals surface area contributed by atoms with Crippen LogP contribution in [0.1, 0.15) is 31.7 Å². The summed E-state index contributed by atoms with van der Waals surface area (Å²) in [6.45, 7) is 2.19. The first kappa shape index (κ1) is 15.1. The van der Waals surface area contributed by atoms with Gasteiger partial charge in [0.2, 0.25) is 0 Å². The molecular formula is C18H20O3. The average molecular weight is 284 g/mol. The molecule has 0 saturated carbocycles. The Morgan fingerprint density at radius 2 is 1.48 bits per heavy atom. The van der Waals surface area contributed by atoms with Crippen molar-refractivity contribution < 1.29 is 14.3 Å². The number of unbranched alkanes of at least 4 members (excludes halogenated alkanes) is 2. The van der Waals surface area contributed by atoms with Crippen molar-refractivity contribution in [3.05, 3.63) is 60.2 Å². The largest absolute Gasteiger partial charge is 0.519 e. The summed E-state index contributed by atoms with van der Waals surface area (Å²) in [5.74, 6) is 0.967. The van der Waals surface area contributed by atoms with E-state index in [0.717, 1.165) is 6.42 Å². The van der Waals surface area contributed by atoms with Gasteiger partial charge in [0.1, 0.15) is 11.5 Å². The summed E-state index contributed by atoms with van der Waals surface area (Å²) in [6.07, 6.45) is 3.98. The molecule has 0 aliphatic rings. The summed E-state index contributed by atoms with van der Waals surface area (Å²) in [6, 6.07) is 16.4. The van der Waals surface area contributed by atoms with Crippen molar-refractivity contribution in [1.29, 1.82) is 0 Å². The lowest BCUT2D eigenvalue weighted by Crippen LogP contribution is -2.13. The van der Waals surface area contributed by atoms with Crippen LogP contribution in [0.2, 0.25) is 0 Å². The maximum atomic E-state index is 11.6. The third-order valence-corrected chi connectivity index (χ3v) is 3.14. The van der Waals surface area contributed by atoms with E-state index in [0.29, 0.717) is 11.5 Å². The van der Waals surface area contributed by atoms with Gasteiger partial charge in [0.05, 0.1) is 0 Å². The van der Waals surface area contributed by atoms with Gasteiger partial charge in [0.25, 0.3) is 0 Å². The van der Waals surface area contributed by atoms with Crippen LogP contribution in [0.3, 0.4) is 0 Å². The summed E-state index contributed by atoms with van der Waals surface area (Å²) in [5, 5.41) is 0. The zero-order valence-corrected chi connectivity index (χ0v) is 12.2. The van der Waals surface area contributed by atoms with Crippen molar-refractivity contribution in [2.75, 3.05) is 0 Å². The molecule has 2 aromatic rings. The van der Waals surface area contributed by atoms with E-state index in [1.807, 2.05) is 18.2 Å². The molecular weight excluding hydrogens is 264 g/mol. The number of rotatable bonds is 6. The van der Waals surface area contributed by atoms with Gasteiger partial charge in [0.15, 0.2) is 0 Å². The molecule has 3 nitrogen and oxygen atoms in total. The van der Waals surface area contributed by atoms with Gasteiger partial charge < -0.3 is 9.47 Å². The van der Waals surface area contributed by atoms with Gasteiger partial charge in [-0.05, 0) is 42.7 Å². The zero-order chi connectivity index (χ0) is 14.9. The standard InChI is InChI=1S/C18H20O3/c1-2-3-5-8-15-11-13-17(14-12-15)21-18(19)20-16-9-6-4-7-10-16/h4,6-7,9-14H,2-3,5,8H2,1H3. The Kier molecular flexibility index (Phi) is 5.83. The fraction of sp³-hybridized carbons (Fsp3) is 0.278. The molecule has 0 amide bonds. The lowest BCUT2D eigenvalue weighted by atomic mass is 10.1. The van der Waals surface area contributed by atoms with Gasteiger partial charge in [0, 0.05) is 0 Å². The third-order valence-electron chi connectivity index (χ3n) is 3.14. The van der Waals surface area contributed by atoms with E-state index in [1.165, 1.54) is 24.8 Å². The van der Waals surface area contributed by atoms with Crippen LogP contribution in [0.4, 0.5) is 4.79 Å². The molecule has 0 unspecified atom stereocenters. The number of benzene rings is 2. The van der Waals surface area contributed by atoms with Crippen LogP contribution in [0.25, 0.3) is 0 Å². The van der Waals surface area contributed by atoms with Crippen molar-refractivity contribution in [2.45, 2.75) is 32.6 Å². The lowest BCUT2D eigenvalue weighted by molar-refractivity contribution is 0.152. The molecule has 0 aliphatic carbocycles. The van der Waals surface area contributed by atoms with E-state index in [-0.39, 0.29) is 0 Å². The summed E-state index contributed by atoms with van der Waals surface area (Å²) in [5.41, 5.74) is 1.26. The maximum Gasteiger partial charge on any atom is 0.519 e. The predicted octanol–water partition coefficient (Wildman–Crippen LogP) is 5.00. The maximum absolute atomic E-state index is 11.6. The van der Waals surface area contributed by atoms with Gasteiger partial charge in [-0.25, -0.2) is 4.79 Å². The summed E-state index contributed by atoms with van der Waals surface area (Å²) < 4.78 is 10.2. The summed E-state index contributed by atoms with van der Waals surface area (Å²) in [4.78, 5) is 11.6. The highest BCUT2D eigenvalue weighted by molar-refractivity contribution is 5.67. The smallest absolute Gasteiger partial charge is 0.395 e. The molecule has 3 heteroatoms. The number of hydrogen-bond acceptors (Lipinski definition) is 3. The second-order valence-corrected chi connectivity index (χ2v) is 4.87. The van der Waals surface area contributed by atoms with Gasteiger partial charge >= 0.3 is 6.16 Å². The molecule has 0 atom stereocenters. The minimum Gasteiger partial charge on any atom is -0.395 e. The Bertz CT molecular complexity index is 546. The molecule has 21 heavy (non-hydrogen) atoms. The van der Waals surface area contributed by atoms with E-state index in [9.17, 15) is 4.79 Å². The monoisotopic (exact) mass is 284 g/mol. The normalized spacial score (nSPS) is 10.1. The highest BCUT2D eigenvalue weighted by Gasteiger charge is 2.07. The summed E-state index contributed by atoms with van der Waals surface area (Å²) in [7, 11) is 0. The van der Waals surface area contributed by atoms with Crippen molar-refractivity contribution >= 4 is 6.16 Å². The SMILES string of the molecule is CCCCCc1ccc(OC(=O)Oc2ccccc2)cc1. The van der Waals surface area contributed by atoms with E-state index < -0.39 is 6.16 Å². The van der Waals surface area contributed by atoms with Crippen LogP contribution in [0.5, 0.6) is 11.5 Å². The number of carbonyl (C=O) groups excluding carboxylic acids is 1. The van der Waals surface area contributed by atoms with E-state index in [1.54, 1.807) is 36.4 Å². The fourth-order valence-corrected chi connectivity index (χ4v) is 2.01. The Morgan fingerprint density at radius 3 is 2.10 bits per heavy atom. The van der Waals surface area contributed by atoms with E-state index in [2.05, 4.69) is 6.92 Å². The van der Waals surface area contributed by atoms with Crippen LogP contribution in [0, 0.1) is 0 Å². The van der Waals surface area contributed by atoms with Gasteiger partial charge in [-0.15, -0.1) is 0 Å². The molecule has 0 saturated heterocycles. The highest BCUT2D eigenvalue weighted by atomic mass is 16.7. The van der Waals surface area contributed by atoms with Crippen LogP contribution in [0.15, 0.2) is 54.6 Å². The van der Waals surface area contributed by atoms with Crippen molar-refractivity contribution in [2.24, 2.45) is 0 Å². The van der Waals surface area contributed by atoms with E-state index in [4.69, 9.17) is 9.47 Å². The van der Waals surface area contributed by atoms with Crippen molar-refractivity contribution in [1.82, 2.24) is 0 Å². The zero-order valence-electron chi connectivity index (χ0n) is 12.2. The molecule has 0 heterocycles. The second kappa shape index (κ2) is 8.10. The third kappa shape index (κ3) is 5.30. The minimum absolute atomic E-state index is 0.471. The van der Waals surface area contributed by atoms with Crippen LogP contribution < -0.4 is 9.47 Å². The molecule has 0 bridgehead atoms. The molecule has 0 radical (unpaired) electrons. The van der Waals surface area contributed by atoms with Crippen LogP contribution >= 0.6 is 0 Å². The van der Waals surface area contributed by atoms with Crippen LogP contribution in [-0.4, -0.2) is 6.16 Å². The summed E-state index contributed by atoms with van der Waals surface area (Å²) >= 11 is 0. The van der Waals surface area contributed by atoms with Gasteiger partial charge in [-0.2, -0.15) is 0 Å². The first-order chi connectivity index (χ1) is 10.3. The number of hydrogen-bond donors (Lipinski definition) is 0. The Balaban J connectivity index is 1.83. The number of para-hydroxylation sites is 1.